The van der Waals surface area contributed by atoms with Gasteiger partial charge in [0.05, 0.1) is 17.0 Å². The van der Waals surface area contributed by atoms with Gasteiger partial charge in [0.2, 0.25) is 0 Å². The molecule has 2 atom stereocenters. The highest BCUT2D eigenvalue weighted by Crippen LogP contribution is 2.31. The lowest BCUT2D eigenvalue weighted by molar-refractivity contribution is 0.0801. The fraction of sp³-hybridized carbons (Fsp3) is 0.444. The fourth-order valence-electron chi connectivity index (χ4n) is 2.94. The molecule has 1 fully saturated rings. The van der Waals surface area contributed by atoms with Gasteiger partial charge in [-0.3, -0.25) is 4.90 Å². The number of piperazine rings is 1. The Morgan fingerprint density at radius 3 is 2.72 bits per heavy atom. The summed E-state index contributed by atoms with van der Waals surface area (Å²) in [5, 5.41) is 24.6. The maximum atomic E-state index is 10.6. The van der Waals surface area contributed by atoms with Gasteiger partial charge in [0, 0.05) is 44.4 Å². The van der Waals surface area contributed by atoms with Crippen LogP contribution in [0.15, 0.2) is 34.9 Å². The third kappa shape index (κ3) is 4.20. The van der Waals surface area contributed by atoms with Crippen molar-refractivity contribution in [3.05, 3.63) is 41.0 Å². The molecule has 2 aromatic rings. The van der Waals surface area contributed by atoms with Crippen molar-refractivity contribution in [2.45, 2.75) is 6.10 Å². The SMILES string of the molecule is CN1CCN(C[C@@H](C#N)[C@H](O)c2cc(-c3ccccc3Cl)on2)CC1. The van der Waals surface area contributed by atoms with Gasteiger partial charge in [0.25, 0.3) is 0 Å². The number of aliphatic hydroxyl groups is 1. The van der Waals surface area contributed by atoms with E-state index in [0.29, 0.717) is 28.6 Å². The van der Waals surface area contributed by atoms with E-state index in [-0.39, 0.29) is 0 Å². The van der Waals surface area contributed by atoms with E-state index >= 15 is 0 Å². The topological polar surface area (TPSA) is 76.5 Å². The highest BCUT2D eigenvalue weighted by molar-refractivity contribution is 6.33. The molecule has 0 amide bonds. The van der Waals surface area contributed by atoms with Crippen molar-refractivity contribution >= 4 is 11.6 Å². The van der Waals surface area contributed by atoms with Gasteiger partial charge in [-0.05, 0) is 19.2 Å². The summed E-state index contributed by atoms with van der Waals surface area (Å²) >= 11 is 6.16. The third-order valence-corrected chi connectivity index (χ3v) is 4.90. The number of nitrogens with zero attached hydrogens (tertiary/aromatic N) is 4. The highest BCUT2D eigenvalue weighted by atomic mass is 35.5. The van der Waals surface area contributed by atoms with Crippen LogP contribution in [0.3, 0.4) is 0 Å². The first kappa shape index (κ1) is 17.9. The summed E-state index contributed by atoms with van der Waals surface area (Å²) < 4.78 is 5.33. The zero-order valence-corrected chi connectivity index (χ0v) is 14.9. The Balaban J connectivity index is 1.70. The normalized spacial score (nSPS) is 18.6. The number of halogens is 1. The van der Waals surface area contributed by atoms with Gasteiger partial charge in [0.1, 0.15) is 11.8 Å². The van der Waals surface area contributed by atoms with Gasteiger partial charge in [-0.25, -0.2) is 0 Å². The van der Waals surface area contributed by atoms with Gasteiger partial charge in [-0.15, -0.1) is 0 Å². The summed E-state index contributed by atoms with van der Waals surface area (Å²) in [7, 11) is 2.08. The molecule has 1 N–H and O–H groups in total. The minimum atomic E-state index is -0.996. The molecule has 1 aliphatic heterocycles. The van der Waals surface area contributed by atoms with Crippen molar-refractivity contribution in [1.82, 2.24) is 15.0 Å². The standard InChI is InChI=1S/C18H21ClN4O2/c1-22-6-8-23(9-7-22)12-13(11-20)18(24)16-10-17(25-21-16)14-4-2-3-5-15(14)19/h2-5,10,13,18,24H,6-9,12H2,1H3/t13-,18+/m1/s1. The average Bonchev–Trinajstić information content (AvgIpc) is 3.11. The molecule has 0 spiro atoms. The lowest BCUT2D eigenvalue weighted by Crippen LogP contribution is -2.46. The first-order valence-electron chi connectivity index (χ1n) is 8.28. The number of likely N-dealkylation sites (N-methyl/N-ethyl adjacent to an activating group) is 1. The van der Waals surface area contributed by atoms with E-state index in [9.17, 15) is 10.4 Å². The predicted octanol–water partition coefficient (Wildman–Crippen LogP) is 2.42. The number of aliphatic hydroxyl groups excluding tert-OH is 1. The smallest absolute Gasteiger partial charge is 0.168 e. The van der Waals surface area contributed by atoms with Crippen molar-refractivity contribution in [3.8, 4) is 17.4 Å². The summed E-state index contributed by atoms with van der Waals surface area (Å²) in [4.78, 5) is 4.45. The summed E-state index contributed by atoms with van der Waals surface area (Å²) in [6.07, 6.45) is -0.996. The van der Waals surface area contributed by atoms with Crippen LogP contribution >= 0.6 is 11.6 Å². The first-order valence-corrected chi connectivity index (χ1v) is 8.66. The molecule has 2 heterocycles. The molecule has 6 nitrogen and oxygen atoms in total. The number of nitriles is 1. The monoisotopic (exact) mass is 360 g/mol. The number of rotatable bonds is 5. The summed E-state index contributed by atoms with van der Waals surface area (Å²) in [5.74, 6) is -0.0801. The fourth-order valence-corrected chi connectivity index (χ4v) is 3.17. The molecule has 132 valence electrons. The number of aromatic nitrogens is 1. The second kappa shape index (κ2) is 7.98. The molecule has 0 unspecified atom stereocenters. The van der Waals surface area contributed by atoms with Crippen LogP contribution in [0.1, 0.15) is 11.8 Å². The molecular weight excluding hydrogens is 340 g/mol. The van der Waals surface area contributed by atoms with Gasteiger partial charge in [-0.1, -0.05) is 28.9 Å². The van der Waals surface area contributed by atoms with E-state index in [2.05, 4.69) is 28.1 Å². The van der Waals surface area contributed by atoms with Gasteiger partial charge in [0.15, 0.2) is 5.76 Å². The van der Waals surface area contributed by atoms with Gasteiger partial charge < -0.3 is 14.5 Å². The molecule has 1 aromatic heterocycles. The molecule has 0 aliphatic carbocycles. The van der Waals surface area contributed by atoms with Crippen LogP contribution in [0.4, 0.5) is 0 Å². The molecule has 7 heteroatoms. The van der Waals surface area contributed by atoms with Crippen LogP contribution in [0, 0.1) is 17.2 Å². The zero-order chi connectivity index (χ0) is 17.8. The Bertz CT molecular complexity index is 750. The maximum absolute atomic E-state index is 10.6. The molecule has 0 radical (unpaired) electrons. The Kier molecular flexibility index (Phi) is 5.71. The van der Waals surface area contributed by atoms with E-state index in [1.165, 1.54) is 0 Å². The number of hydrogen-bond acceptors (Lipinski definition) is 6. The van der Waals surface area contributed by atoms with Crippen LogP contribution in [-0.4, -0.2) is 59.8 Å². The van der Waals surface area contributed by atoms with Crippen LogP contribution in [0.25, 0.3) is 11.3 Å². The Morgan fingerprint density at radius 2 is 2.04 bits per heavy atom. The molecular formula is C18H21ClN4O2. The minimum Gasteiger partial charge on any atom is -0.385 e. The Morgan fingerprint density at radius 1 is 1.32 bits per heavy atom. The van der Waals surface area contributed by atoms with E-state index in [0.717, 1.165) is 26.2 Å². The molecule has 0 saturated carbocycles. The van der Waals surface area contributed by atoms with Crippen LogP contribution < -0.4 is 0 Å². The lowest BCUT2D eigenvalue weighted by atomic mass is 9.99. The van der Waals surface area contributed by atoms with E-state index in [1.54, 1.807) is 12.1 Å². The lowest BCUT2D eigenvalue weighted by Gasteiger charge is -2.33. The molecule has 1 aromatic carbocycles. The molecule has 1 aliphatic rings. The largest absolute Gasteiger partial charge is 0.385 e. The second-order valence-electron chi connectivity index (χ2n) is 6.38. The molecule has 0 bridgehead atoms. The van der Waals surface area contributed by atoms with Gasteiger partial charge >= 0.3 is 0 Å². The van der Waals surface area contributed by atoms with Crippen molar-refractivity contribution in [2.75, 3.05) is 39.8 Å². The van der Waals surface area contributed by atoms with Crippen LogP contribution in [0.5, 0.6) is 0 Å². The van der Waals surface area contributed by atoms with Gasteiger partial charge in [-0.2, -0.15) is 5.26 Å². The minimum absolute atomic E-state index is 0.357. The van der Waals surface area contributed by atoms with Crippen LogP contribution in [0.2, 0.25) is 5.02 Å². The van der Waals surface area contributed by atoms with Crippen LogP contribution in [-0.2, 0) is 0 Å². The zero-order valence-electron chi connectivity index (χ0n) is 14.1. The highest BCUT2D eigenvalue weighted by Gasteiger charge is 2.27. The Hall–Kier alpha value is -1.91. The Labute approximate surface area is 152 Å². The number of benzene rings is 1. The van der Waals surface area contributed by atoms with Crippen molar-refractivity contribution in [3.63, 3.8) is 0 Å². The van der Waals surface area contributed by atoms with E-state index in [1.807, 2.05) is 18.2 Å². The summed E-state index contributed by atoms with van der Waals surface area (Å²) in [6.45, 7) is 4.24. The molecule has 25 heavy (non-hydrogen) atoms. The predicted molar refractivity (Wildman–Crippen MR) is 94.9 cm³/mol. The van der Waals surface area contributed by atoms with E-state index in [4.69, 9.17) is 16.1 Å². The third-order valence-electron chi connectivity index (χ3n) is 4.57. The van der Waals surface area contributed by atoms with Crippen molar-refractivity contribution in [1.29, 1.82) is 5.26 Å². The first-order chi connectivity index (χ1) is 12.1. The summed E-state index contributed by atoms with van der Waals surface area (Å²) in [6, 6.07) is 11.1. The maximum Gasteiger partial charge on any atom is 0.168 e. The molecule has 1 saturated heterocycles. The molecule has 3 rings (SSSR count). The van der Waals surface area contributed by atoms with Crippen molar-refractivity contribution in [2.24, 2.45) is 5.92 Å². The van der Waals surface area contributed by atoms with Crippen molar-refractivity contribution < 1.29 is 9.63 Å². The second-order valence-corrected chi connectivity index (χ2v) is 6.79. The number of hydrogen-bond donors (Lipinski definition) is 1. The quantitative estimate of drug-likeness (QED) is 0.882. The van der Waals surface area contributed by atoms with E-state index < -0.39 is 12.0 Å². The average molecular weight is 361 g/mol. The summed E-state index contributed by atoms with van der Waals surface area (Å²) in [5.41, 5.74) is 1.07.